The lowest BCUT2D eigenvalue weighted by Gasteiger charge is -2.11. The second-order valence-electron chi connectivity index (χ2n) is 4.95. The minimum Gasteiger partial charge on any atom is -0.451 e. The fourth-order valence-electron chi connectivity index (χ4n) is 1.83. The van der Waals surface area contributed by atoms with Gasteiger partial charge in [-0.2, -0.15) is 0 Å². The molecule has 0 fully saturated rings. The van der Waals surface area contributed by atoms with Gasteiger partial charge in [-0.25, -0.2) is 9.78 Å². The third-order valence-electron chi connectivity index (χ3n) is 3.03. The lowest BCUT2D eigenvalue weighted by Crippen LogP contribution is -2.23. The van der Waals surface area contributed by atoms with Gasteiger partial charge in [0, 0.05) is 18.0 Å². The van der Waals surface area contributed by atoms with Crippen LogP contribution in [0.5, 0.6) is 0 Å². The van der Waals surface area contributed by atoms with Crippen molar-refractivity contribution in [3.8, 4) is 0 Å². The molecule has 0 saturated carbocycles. The number of hydrogen-bond acceptors (Lipinski definition) is 6. The molecule has 1 N–H and O–H groups in total. The molecule has 0 aliphatic carbocycles. The molecule has 8 heteroatoms. The molecule has 0 aliphatic rings. The Morgan fingerprint density at radius 1 is 1.33 bits per heavy atom. The predicted octanol–water partition coefficient (Wildman–Crippen LogP) is 2.86. The van der Waals surface area contributed by atoms with Gasteiger partial charge in [0.25, 0.3) is 0 Å². The lowest BCUT2D eigenvalue weighted by atomic mass is 10.2. The molecule has 0 aromatic carbocycles. The molecule has 0 spiro atoms. The lowest BCUT2D eigenvalue weighted by molar-refractivity contribution is -0.119. The third-order valence-corrected chi connectivity index (χ3v) is 4.34. The Morgan fingerprint density at radius 2 is 2.08 bits per heavy atom. The summed E-state index contributed by atoms with van der Waals surface area (Å²) in [7, 11) is 0. The molecule has 2 heterocycles. The second-order valence-corrected chi connectivity index (χ2v) is 6.51. The van der Waals surface area contributed by atoms with Gasteiger partial charge in [-0.3, -0.25) is 9.59 Å². The van der Waals surface area contributed by atoms with Gasteiger partial charge in [-0.15, -0.1) is 11.3 Å². The number of pyridine rings is 1. The zero-order valence-corrected chi connectivity index (χ0v) is 14.6. The van der Waals surface area contributed by atoms with Crippen molar-refractivity contribution in [1.82, 2.24) is 10.3 Å². The van der Waals surface area contributed by atoms with E-state index in [1.54, 1.807) is 12.1 Å². The number of aromatic nitrogens is 1. The molecular weight excluding hydrogens is 352 g/mol. The summed E-state index contributed by atoms with van der Waals surface area (Å²) in [5, 5.41) is 2.83. The average molecular weight is 367 g/mol. The number of ether oxygens (including phenoxy) is 1. The van der Waals surface area contributed by atoms with Gasteiger partial charge >= 0.3 is 5.97 Å². The Labute approximate surface area is 147 Å². The van der Waals surface area contributed by atoms with Crippen LogP contribution < -0.4 is 5.32 Å². The molecule has 1 atom stereocenters. The van der Waals surface area contributed by atoms with Crippen molar-refractivity contribution >= 4 is 40.6 Å². The number of rotatable bonds is 6. The number of ketones is 1. The molecule has 0 bridgehead atoms. The first kappa shape index (κ1) is 18.1. The SMILES string of the molecule is CC(=O)NCc1ccc(C(=O)C(C)OC(=O)c2ccnc(Cl)c2)s1. The van der Waals surface area contributed by atoms with E-state index in [-0.39, 0.29) is 22.4 Å². The Kier molecular flexibility index (Phi) is 6.05. The average Bonchev–Trinajstić information content (AvgIpc) is 3.01. The minimum atomic E-state index is -0.934. The highest BCUT2D eigenvalue weighted by molar-refractivity contribution is 7.14. The van der Waals surface area contributed by atoms with E-state index < -0.39 is 12.1 Å². The number of thiophene rings is 1. The molecule has 1 amide bonds. The Morgan fingerprint density at radius 3 is 2.75 bits per heavy atom. The van der Waals surface area contributed by atoms with E-state index in [0.717, 1.165) is 4.88 Å². The first-order chi connectivity index (χ1) is 11.4. The molecule has 0 radical (unpaired) electrons. The number of nitrogens with one attached hydrogen (secondary N) is 1. The summed E-state index contributed by atoms with van der Waals surface area (Å²) >= 11 is 6.97. The molecule has 2 aromatic rings. The first-order valence-electron chi connectivity index (χ1n) is 7.06. The van der Waals surface area contributed by atoms with Crippen molar-refractivity contribution in [3.63, 3.8) is 0 Å². The van der Waals surface area contributed by atoms with Crippen LogP contribution in [0.1, 0.15) is 38.8 Å². The van der Waals surface area contributed by atoms with Crippen LogP contribution in [0, 0.1) is 0 Å². The van der Waals surface area contributed by atoms with Gasteiger partial charge in [0.2, 0.25) is 11.7 Å². The fraction of sp³-hybridized carbons (Fsp3) is 0.250. The van der Waals surface area contributed by atoms with E-state index in [0.29, 0.717) is 11.4 Å². The first-order valence-corrected chi connectivity index (χ1v) is 8.26. The molecule has 2 rings (SSSR count). The number of carbonyl (C=O) groups is 3. The van der Waals surface area contributed by atoms with Crippen LogP contribution in [0.2, 0.25) is 5.15 Å². The predicted molar refractivity (Wildman–Crippen MR) is 90.3 cm³/mol. The van der Waals surface area contributed by atoms with Crippen molar-refractivity contribution < 1.29 is 19.1 Å². The maximum Gasteiger partial charge on any atom is 0.339 e. The highest BCUT2D eigenvalue weighted by Crippen LogP contribution is 2.19. The van der Waals surface area contributed by atoms with Crippen LogP contribution in [0.25, 0.3) is 0 Å². The van der Waals surface area contributed by atoms with Crippen molar-refractivity contribution in [2.24, 2.45) is 0 Å². The summed E-state index contributed by atoms with van der Waals surface area (Å²) in [6.45, 7) is 3.29. The van der Waals surface area contributed by atoms with Gasteiger partial charge in [0.1, 0.15) is 5.15 Å². The van der Waals surface area contributed by atoms with Crippen LogP contribution in [0.4, 0.5) is 0 Å². The van der Waals surface area contributed by atoms with Crippen LogP contribution in [-0.2, 0) is 16.1 Å². The topological polar surface area (TPSA) is 85.4 Å². The summed E-state index contributed by atoms with van der Waals surface area (Å²) in [4.78, 5) is 40.3. The smallest absolute Gasteiger partial charge is 0.339 e. The molecule has 0 saturated heterocycles. The van der Waals surface area contributed by atoms with Crippen molar-refractivity contribution in [2.75, 3.05) is 0 Å². The quantitative estimate of drug-likeness (QED) is 0.482. The Hall–Kier alpha value is -2.25. The van der Waals surface area contributed by atoms with Crippen molar-refractivity contribution in [1.29, 1.82) is 0 Å². The second kappa shape index (κ2) is 8.03. The number of esters is 1. The van der Waals surface area contributed by atoms with Crippen molar-refractivity contribution in [2.45, 2.75) is 26.5 Å². The zero-order valence-electron chi connectivity index (χ0n) is 13.0. The highest BCUT2D eigenvalue weighted by atomic mass is 35.5. The standard InChI is InChI=1S/C16H15ClN2O4S/c1-9(23-16(22)11-5-6-18-14(17)7-11)15(21)13-4-3-12(24-13)8-19-10(2)20/h3-7,9H,8H2,1-2H3,(H,19,20). The Balaban J connectivity index is 1.99. The van der Waals surface area contributed by atoms with Gasteiger partial charge in [0.05, 0.1) is 17.0 Å². The minimum absolute atomic E-state index is 0.144. The largest absolute Gasteiger partial charge is 0.451 e. The summed E-state index contributed by atoms with van der Waals surface area (Å²) < 4.78 is 5.18. The van der Waals surface area contributed by atoms with Crippen LogP contribution >= 0.6 is 22.9 Å². The summed E-state index contributed by atoms with van der Waals surface area (Å²) in [5.41, 5.74) is 0.229. The fourth-order valence-corrected chi connectivity index (χ4v) is 2.97. The van der Waals surface area contributed by atoms with Gasteiger partial charge in [0.15, 0.2) is 6.10 Å². The number of Topliss-reactive ketones (excluding diaryl/α,β-unsaturated/α-hetero) is 1. The van der Waals surface area contributed by atoms with E-state index in [4.69, 9.17) is 16.3 Å². The highest BCUT2D eigenvalue weighted by Gasteiger charge is 2.22. The Bertz CT molecular complexity index is 775. The van der Waals surface area contributed by atoms with Gasteiger partial charge in [-0.05, 0) is 31.2 Å². The monoisotopic (exact) mass is 366 g/mol. The summed E-state index contributed by atoms with van der Waals surface area (Å²) in [6.07, 6.45) is 0.454. The maximum absolute atomic E-state index is 12.3. The van der Waals surface area contributed by atoms with E-state index in [1.807, 2.05) is 0 Å². The molecule has 2 aromatic heterocycles. The maximum atomic E-state index is 12.3. The molecule has 1 unspecified atom stereocenters. The zero-order chi connectivity index (χ0) is 17.7. The molecule has 0 aliphatic heterocycles. The third kappa shape index (κ3) is 4.87. The molecule has 126 valence electrons. The number of hydrogen-bond donors (Lipinski definition) is 1. The van der Waals surface area contributed by atoms with E-state index in [2.05, 4.69) is 10.3 Å². The van der Waals surface area contributed by atoms with E-state index in [1.165, 1.54) is 43.5 Å². The molecular formula is C16H15ClN2O4S. The molecule has 6 nitrogen and oxygen atoms in total. The number of carbonyl (C=O) groups excluding carboxylic acids is 3. The van der Waals surface area contributed by atoms with Gasteiger partial charge in [-0.1, -0.05) is 11.6 Å². The summed E-state index contributed by atoms with van der Waals surface area (Å²) in [6, 6.07) is 6.24. The van der Waals surface area contributed by atoms with Crippen LogP contribution in [0.15, 0.2) is 30.5 Å². The number of halogens is 1. The molecule has 24 heavy (non-hydrogen) atoms. The number of amides is 1. The number of nitrogens with zero attached hydrogens (tertiary/aromatic N) is 1. The van der Waals surface area contributed by atoms with Gasteiger partial charge < -0.3 is 10.1 Å². The van der Waals surface area contributed by atoms with Crippen LogP contribution in [0.3, 0.4) is 0 Å². The summed E-state index contributed by atoms with van der Waals surface area (Å²) in [5.74, 6) is -1.09. The van der Waals surface area contributed by atoms with E-state index in [9.17, 15) is 14.4 Å². The van der Waals surface area contributed by atoms with Crippen molar-refractivity contribution in [3.05, 3.63) is 50.9 Å². The van der Waals surface area contributed by atoms with E-state index >= 15 is 0 Å². The normalized spacial score (nSPS) is 11.6. The van der Waals surface area contributed by atoms with Crippen LogP contribution in [-0.4, -0.2) is 28.7 Å².